The molecule has 0 amide bonds. The molecule has 7 heteroatoms. The minimum Gasteiger partial charge on any atom is -0.258 e. The van der Waals surface area contributed by atoms with Gasteiger partial charge in [0.15, 0.2) is 4.90 Å². The fourth-order valence-electron chi connectivity index (χ4n) is 1.62. The minimum absolute atomic E-state index is 0.113. The number of hydrogen-bond acceptors (Lipinski definition) is 4. The Bertz CT molecular complexity index is 569. The maximum atomic E-state index is 12.4. The Labute approximate surface area is 113 Å². The second-order valence-electron chi connectivity index (χ2n) is 4.73. The van der Waals surface area contributed by atoms with E-state index >= 15 is 0 Å². The van der Waals surface area contributed by atoms with Crippen LogP contribution in [0.4, 0.5) is 5.69 Å². The van der Waals surface area contributed by atoms with E-state index in [1.54, 1.807) is 6.92 Å². The number of nitro groups is 1. The van der Waals surface area contributed by atoms with Gasteiger partial charge in [0.1, 0.15) is 0 Å². The molecule has 1 aromatic rings. The van der Waals surface area contributed by atoms with Crippen molar-refractivity contribution < 1.29 is 13.3 Å². The molecular weight excluding hydrogens is 268 g/mol. The highest BCUT2D eigenvalue weighted by atomic mass is 32.2. The summed E-state index contributed by atoms with van der Waals surface area (Å²) in [6, 6.07) is 5.14. The largest absolute Gasteiger partial charge is 0.289 e. The Morgan fingerprint density at radius 3 is 2.21 bits per heavy atom. The molecule has 1 rings (SSSR count). The summed E-state index contributed by atoms with van der Waals surface area (Å²) in [5, 5.41) is 10.9. The van der Waals surface area contributed by atoms with Crippen molar-refractivity contribution in [2.75, 3.05) is 7.05 Å². The van der Waals surface area contributed by atoms with E-state index in [0.29, 0.717) is 0 Å². The SMILES string of the molecule is CC(C)[C@H](C)N(C)S(=O)(=O)c1ccccc1[N+](=O)[O-]. The molecule has 0 radical (unpaired) electrons. The highest BCUT2D eigenvalue weighted by Gasteiger charge is 2.32. The van der Waals surface area contributed by atoms with Crippen LogP contribution < -0.4 is 0 Å². The molecule has 0 heterocycles. The van der Waals surface area contributed by atoms with Crippen molar-refractivity contribution in [1.29, 1.82) is 0 Å². The van der Waals surface area contributed by atoms with Crippen LogP contribution in [0.3, 0.4) is 0 Å². The first kappa shape index (κ1) is 15.6. The average Bonchev–Trinajstić information content (AvgIpc) is 2.36. The van der Waals surface area contributed by atoms with Crippen LogP contribution in [0.1, 0.15) is 20.8 Å². The topological polar surface area (TPSA) is 80.5 Å². The number of nitrogens with zero attached hydrogens (tertiary/aromatic N) is 2. The molecular formula is C12H18N2O4S. The molecule has 0 fully saturated rings. The van der Waals surface area contributed by atoms with Gasteiger partial charge in [0.25, 0.3) is 5.69 Å². The average molecular weight is 286 g/mol. The minimum atomic E-state index is -3.87. The van der Waals surface area contributed by atoms with Crippen molar-refractivity contribution in [2.45, 2.75) is 31.7 Å². The molecule has 0 unspecified atom stereocenters. The van der Waals surface area contributed by atoms with Gasteiger partial charge in [0.2, 0.25) is 10.0 Å². The molecule has 19 heavy (non-hydrogen) atoms. The van der Waals surface area contributed by atoms with Gasteiger partial charge in [-0.05, 0) is 18.9 Å². The lowest BCUT2D eigenvalue weighted by molar-refractivity contribution is -0.387. The fraction of sp³-hybridized carbons (Fsp3) is 0.500. The van der Waals surface area contributed by atoms with Crippen LogP contribution in [0, 0.1) is 16.0 Å². The van der Waals surface area contributed by atoms with E-state index in [4.69, 9.17) is 0 Å². The van der Waals surface area contributed by atoms with Crippen LogP contribution >= 0.6 is 0 Å². The Morgan fingerprint density at radius 2 is 1.74 bits per heavy atom. The summed E-state index contributed by atoms with van der Waals surface area (Å²) < 4.78 is 26.0. The zero-order chi connectivity index (χ0) is 14.8. The number of hydrogen-bond donors (Lipinski definition) is 0. The van der Waals surface area contributed by atoms with E-state index in [1.807, 2.05) is 13.8 Å². The zero-order valence-electron chi connectivity index (χ0n) is 11.4. The van der Waals surface area contributed by atoms with Crippen LogP contribution in [-0.4, -0.2) is 30.7 Å². The van der Waals surface area contributed by atoms with E-state index in [9.17, 15) is 18.5 Å². The molecule has 1 atom stereocenters. The molecule has 0 aromatic heterocycles. The van der Waals surface area contributed by atoms with Gasteiger partial charge in [-0.1, -0.05) is 26.0 Å². The summed E-state index contributed by atoms with van der Waals surface area (Å²) in [7, 11) is -2.43. The lowest BCUT2D eigenvalue weighted by Crippen LogP contribution is -2.38. The molecule has 1 aromatic carbocycles. The van der Waals surface area contributed by atoms with E-state index in [0.717, 1.165) is 0 Å². The molecule has 0 saturated carbocycles. The third-order valence-electron chi connectivity index (χ3n) is 3.26. The molecule has 0 aliphatic rings. The first-order valence-electron chi connectivity index (χ1n) is 5.91. The third kappa shape index (κ3) is 3.10. The van der Waals surface area contributed by atoms with Gasteiger partial charge < -0.3 is 0 Å². The van der Waals surface area contributed by atoms with Gasteiger partial charge in [0, 0.05) is 19.2 Å². The Morgan fingerprint density at radius 1 is 1.21 bits per heavy atom. The molecule has 0 N–H and O–H groups in total. The lowest BCUT2D eigenvalue weighted by Gasteiger charge is -2.26. The van der Waals surface area contributed by atoms with Gasteiger partial charge in [-0.15, -0.1) is 0 Å². The summed E-state index contributed by atoms with van der Waals surface area (Å²) in [4.78, 5) is 9.97. The van der Waals surface area contributed by atoms with E-state index < -0.39 is 20.6 Å². The number of sulfonamides is 1. The van der Waals surface area contributed by atoms with E-state index in [2.05, 4.69) is 0 Å². The fourth-order valence-corrected chi connectivity index (χ4v) is 3.27. The van der Waals surface area contributed by atoms with E-state index in [1.165, 1.54) is 35.6 Å². The molecule has 0 saturated heterocycles. The standard InChI is InChI=1S/C12H18N2O4S/c1-9(2)10(3)13(4)19(17,18)12-8-6-5-7-11(12)14(15)16/h5-10H,1-4H3/t10-/m0/s1. The van der Waals surface area contributed by atoms with Crippen molar-refractivity contribution in [2.24, 2.45) is 5.92 Å². The highest BCUT2D eigenvalue weighted by molar-refractivity contribution is 7.89. The second-order valence-corrected chi connectivity index (χ2v) is 6.70. The maximum absolute atomic E-state index is 12.4. The molecule has 0 aliphatic heterocycles. The Hall–Kier alpha value is -1.47. The second kappa shape index (κ2) is 5.66. The van der Waals surface area contributed by atoms with Gasteiger partial charge in [-0.3, -0.25) is 10.1 Å². The van der Waals surface area contributed by atoms with Crippen LogP contribution in [0.2, 0.25) is 0 Å². The van der Waals surface area contributed by atoms with Crippen molar-refractivity contribution in [3.05, 3.63) is 34.4 Å². The predicted molar refractivity (Wildman–Crippen MR) is 72.3 cm³/mol. The Balaban J connectivity index is 3.32. The highest BCUT2D eigenvalue weighted by Crippen LogP contribution is 2.27. The number of benzene rings is 1. The van der Waals surface area contributed by atoms with E-state index in [-0.39, 0.29) is 16.9 Å². The predicted octanol–water partition coefficient (Wildman–Crippen LogP) is 2.26. The molecule has 0 bridgehead atoms. The summed E-state index contributed by atoms with van der Waals surface area (Å²) in [6.07, 6.45) is 0. The van der Waals surface area contributed by atoms with Crippen LogP contribution in [0.25, 0.3) is 0 Å². The van der Waals surface area contributed by atoms with Crippen LogP contribution in [-0.2, 0) is 10.0 Å². The third-order valence-corrected chi connectivity index (χ3v) is 5.25. The first-order chi connectivity index (χ1) is 8.69. The quantitative estimate of drug-likeness (QED) is 0.614. The molecule has 6 nitrogen and oxygen atoms in total. The summed E-state index contributed by atoms with van der Waals surface area (Å²) in [6.45, 7) is 5.57. The molecule has 106 valence electrons. The smallest absolute Gasteiger partial charge is 0.258 e. The molecule has 0 aliphatic carbocycles. The van der Waals surface area contributed by atoms with Crippen molar-refractivity contribution in [3.8, 4) is 0 Å². The first-order valence-corrected chi connectivity index (χ1v) is 7.35. The van der Waals surface area contributed by atoms with Gasteiger partial charge in [-0.25, -0.2) is 8.42 Å². The normalized spacial score (nSPS) is 13.8. The van der Waals surface area contributed by atoms with Crippen molar-refractivity contribution in [1.82, 2.24) is 4.31 Å². The van der Waals surface area contributed by atoms with Crippen LogP contribution in [0.15, 0.2) is 29.2 Å². The van der Waals surface area contributed by atoms with Crippen LogP contribution in [0.5, 0.6) is 0 Å². The number of nitro benzene ring substituents is 1. The summed E-state index contributed by atoms with van der Waals surface area (Å²) >= 11 is 0. The monoisotopic (exact) mass is 286 g/mol. The Kier molecular flexibility index (Phi) is 4.65. The maximum Gasteiger partial charge on any atom is 0.289 e. The van der Waals surface area contributed by atoms with Gasteiger partial charge in [0.05, 0.1) is 4.92 Å². The van der Waals surface area contributed by atoms with Crippen molar-refractivity contribution in [3.63, 3.8) is 0 Å². The number of para-hydroxylation sites is 1. The zero-order valence-corrected chi connectivity index (χ0v) is 12.2. The van der Waals surface area contributed by atoms with Gasteiger partial charge in [-0.2, -0.15) is 4.31 Å². The summed E-state index contributed by atoms with van der Waals surface area (Å²) in [5.74, 6) is 0.113. The molecule has 0 spiro atoms. The van der Waals surface area contributed by atoms with Crippen molar-refractivity contribution >= 4 is 15.7 Å². The number of rotatable bonds is 5. The summed E-state index contributed by atoms with van der Waals surface area (Å²) in [5.41, 5.74) is -0.398. The lowest BCUT2D eigenvalue weighted by atomic mass is 10.1. The van der Waals surface area contributed by atoms with Gasteiger partial charge >= 0.3 is 0 Å².